The molecule has 0 saturated carbocycles. The number of carbonyl (C=O) groups is 1. The Morgan fingerprint density at radius 2 is 1.80 bits per heavy atom. The fourth-order valence-corrected chi connectivity index (χ4v) is 2.40. The molecule has 0 unspecified atom stereocenters. The number of aryl methyl sites for hydroxylation is 1. The fourth-order valence-electron chi connectivity index (χ4n) is 1.99. The Labute approximate surface area is 124 Å². The van der Waals surface area contributed by atoms with Crippen molar-refractivity contribution >= 4 is 17.7 Å². The first-order valence-electron chi connectivity index (χ1n) is 6.63. The average Bonchev–Trinajstić information content (AvgIpc) is 2.48. The standard InChI is InChI=1S/C17H19NOS/c1-13-5-3-4-6-15(13)11-17(19)18-12-14-7-9-16(20-2)10-8-14/h3-10H,11-12H2,1-2H3,(H,18,19). The van der Waals surface area contributed by atoms with Crippen molar-refractivity contribution in [3.8, 4) is 0 Å². The number of benzene rings is 2. The highest BCUT2D eigenvalue weighted by Crippen LogP contribution is 2.14. The van der Waals surface area contributed by atoms with E-state index in [1.165, 1.54) is 4.90 Å². The molecule has 0 aliphatic rings. The highest BCUT2D eigenvalue weighted by molar-refractivity contribution is 7.98. The van der Waals surface area contributed by atoms with E-state index in [1.54, 1.807) is 11.8 Å². The minimum atomic E-state index is 0.0632. The van der Waals surface area contributed by atoms with Gasteiger partial charge in [-0.2, -0.15) is 0 Å². The van der Waals surface area contributed by atoms with Gasteiger partial charge in [0.1, 0.15) is 0 Å². The first kappa shape index (κ1) is 14.7. The molecule has 2 rings (SSSR count). The summed E-state index contributed by atoms with van der Waals surface area (Å²) in [6.45, 7) is 2.61. The predicted molar refractivity (Wildman–Crippen MR) is 85.0 cm³/mol. The highest BCUT2D eigenvalue weighted by atomic mass is 32.2. The van der Waals surface area contributed by atoms with Crippen LogP contribution in [0.3, 0.4) is 0 Å². The third-order valence-corrected chi connectivity index (χ3v) is 4.00. The van der Waals surface area contributed by atoms with Crippen LogP contribution in [0, 0.1) is 6.92 Å². The molecule has 0 aromatic heterocycles. The second-order valence-corrected chi connectivity index (χ2v) is 5.61. The summed E-state index contributed by atoms with van der Waals surface area (Å²) < 4.78 is 0. The molecule has 1 N–H and O–H groups in total. The summed E-state index contributed by atoms with van der Waals surface area (Å²) in [5.41, 5.74) is 3.37. The van der Waals surface area contributed by atoms with E-state index in [1.807, 2.05) is 31.2 Å². The molecular weight excluding hydrogens is 266 g/mol. The van der Waals surface area contributed by atoms with Crippen LogP contribution in [0.1, 0.15) is 16.7 Å². The van der Waals surface area contributed by atoms with Crippen molar-refractivity contribution in [2.75, 3.05) is 6.26 Å². The fraction of sp³-hybridized carbons (Fsp3) is 0.235. The molecule has 0 spiro atoms. The number of nitrogens with one attached hydrogen (secondary N) is 1. The monoisotopic (exact) mass is 285 g/mol. The maximum Gasteiger partial charge on any atom is 0.224 e. The first-order chi connectivity index (χ1) is 9.69. The zero-order valence-corrected chi connectivity index (χ0v) is 12.7. The maximum absolute atomic E-state index is 11.9. The summed E-state index contributed by atoms with van der Waals surface area (Å²) in [4.78, 5) is 13.2. The third-order valence-electron chi connectivity index (χ3n) is 3.26. The van der Waals surface area contributed by atoms with E-state index < -0.39 is 0 Å². The summed E-state index contributed by atoms with van der Waals surface area (Å²) in [5.74, 6) is 0.0632. The van der Waals surface area contributed by atoms with Crippen molar-refractivity contribution in [2.24, 2.45) is 0 Å². The Morgan fingerprint density at radius 3 is 2.45 bits per heavy atom. The van der Waals surface area contributed by atoms with Crippen molar-refractivity contribution in [1.82, 2.24) is 5.32 Å². The van der Waals surface area contributed by atoms with Gasteiger partial charge in [-0.05, 0) is 42.0 Å². The molecule has 0 saturated heterocycles. The summed E-state index contributed by atoms with van der Waals surface area (Å²) in [6, 6.07) is 16.3. The molecule has 0 heterocycles. The van der Waals surface area contributed by atoms with Crippen LogP contribution in [0.25, 0.3) is 0 Å². The number of carbonyl (C=O) groups excluding carboxylic acids is 1. The Morgan fingerprint density at radius 1 is 1.10 bits per heavy atom. The summed E-state index contributed by atoms with van der Waals surface area (Å²) in [7, 11) is 0. The second kappa shape index (κ2) is 7.15. The van der Waals surface area contributed by atoms with Gasteiger partial charge < -0.3 is 5.32 Å². The zero-order valence-electron chi connectivity index (χ0n) is 11.8. The van der Waals surface area contributed by atoms with E-state index >= 15 is 0 Å². The lowest BCUT2D eigenvalue weighted by molar-refractivity contribution is -0.120. The Bertz CT molecular complexity index is 578. The number of hydrogen-bond acceptors (Lipinski definition) is 2. The molecule has 0 aliphatic carbocycles. The number of amides is 1. The molecule has 0 fully saturated rings. The van der Waals surface area contributed by atoms with E-state index in [4.69, 9.17) is 0 Å². The molecule has 0 atom stereocenters. The van der Waals surface area contributed by atoms with Crippen LogP contribution in [0.5, 0.6) is 0 Å². The molecule has 0 bridgehead atoms. The molecule has 0 radical (unpaired) electrons. The lowest BCUT2D eigenvalue weighted by atomic mass is 10.1. The second-order valence-electron chi connectivity index (χ2n) is 4.73. The van der Waals surface area contributed by atoms with Crippen LogP contribution in [0.4, 0.5) is 0 Å². The Balaban J connectivity index is 1.87. The van der Waals surface area contributed by atoms with E-state index in [0.717, 1.165) is 16.7 Å². The van der Waals surface area contributed by atoms with Crippen molar-refractivity contribution in [3.63, 3.8) is 0 Å². The molecule has 0 aliphatic heterocycles. The van der Waals surface area contributed by atoms with Gasteiger partial charge in [0, 0.05) is 11.4 Å². The molecule has 2 nitrogen and oxygen atoms in total. The van der Waals surface area contributed by atoms with Gasteiger partial charge in [-0.1, -0.05) is 36.4 Å². The van der Waals surface area contributed by atoms with Crippen LogP contribution in [0.2, 0.25) is 0 Å². The number of hydrogen-bond donors (Lipinski definition) is 1. The van der Waals surface area contributed by atoms with Gasteiger partial charge in [0.05, 0.1) is 6.42 Å². The molecular formula is C17H19NOS. The van der Waals surface area contributed by atoms with Gasteiger partial charge in [-0.15, -0.1) is 11.8 Å². The summed E-state index contributed by atoms with van der Waals surface area (Å²) in [6.07, 6.45) is 2.49. The smallest absolute Gasteiger partial charge is 0.224 e. The molecule has 3 heteroatoms. The van der Waals surface area contributed by atoms with E-state index in [2.05, 4.69) is 35.8 Å². The van der Waals surface area contributed by atoms with E-state index in [0.29, 0.717) is 13.0 Å². The topological polar surface area (TPSA) is 29.1 Å². The van der Waals surface area contributed by atoms with Gasteiger partial charge in [0.2, 0.25) is 5.91 Å². The maximum atomic E-state index is 11.9. The van der Waals surface area contributed by atoms with Crippen molar-refractivity contribution in [3.05, 3.63) is 65.2 Å². The molecule has 1 amide bonds. The van der Waals surface area contributed by atoms with Gasteiger partial charge in [-0.3, -0.25) is 4.79 Å². The summed E-state index contributed by atoms with van der Waals surface area (Å²) in [5, 5.41) is 2.97. The number of thioether (sulfide) groups is 1. The van der Waals surface area contributed by atoms with Crippen molar-refractivity contribution in [2.45, 2.75) is 24.8 Å². The SMILES string of the molecule is CSc1ccc(CNC(=O)Cc2ccccc2C)cc1. The van der Waals surface area contributed by atoms with Gasteiger partial charge >= 0.3 is 0 Å². The molecule has 104 valence electrons. The normalized spacial score (nSPS) is 10.3. The highest BCUT2D eigenvalue weighted by Gasteiger charge is 2.05. The van der Waals surface area contributed by atoms with Gasteiger partial charge in [0.25, 0.3) is 0 Å². The van der Waals surface area contributed by atoms with Crippen molar-refractivity contribution < 1.29 is 4.79 Å². The minimum absolute atomic E-state index is 0.0632. The lowest BCUT2D eigenvalue weighted by Gasteiger charge is -2.08. The first-order valence-corrected chi connectivity index (χ1v) is 7.85. The third kappa shape index (κ3) is 4.14. The predicted octanol–water partition coefficient (Wildman–Crippen LogP) is 3.58. The largest absolute Gasteiger partial charge is 0.352 e. The van der Waals surface area contributed by atoms with Crippen LogP contribution < -0.4 is 5.32 Å². The van der Waals surface area contributed by atoms with Gasteiger partial charge in [0.15, 0.2) is 0 Å². The van der Waals surface area contributed by atoms with Crippen LogP contribution >= 0.6 is 11.8 Å². The minimum Gasteiger partial charge on any atom is -0.352 e. The van der Waals surface area contributed by atoms with Gasteiger partial charge in [-0.25, -0.2) is 0 Å². The van der Waals surface area contributed by atoms with Crippen LogP contribution in [-0.2, 0) is 17.8 Å². The van der Waals surface area contributed by atoms with E-state index in [-0.39, 0.29) is 5.91 Å². The zero-order chi connectivity index (χ0) is 14.4. The molecule has 2 aromatic rings. The van der Waals surface area contributed by atoms with E-state index in [9.17, 15) is 4.79 Å². The quantitative estimate of drug-likeness (QED) is 0.851. The Kier molecular flexibility index (Phi) is 5.24. The lowest BCUT2D eigenvalue weighted by Crippen LogP contribution is -2.24. The Hall–Kier alpha value is -1.74. The van der Waals surface area contributed by atoms with Crippen LogP contribution in [0.15, 0.2) is 53.4 Å². The van der Waals surface area contributed by atoms with Crippen molar-refractivity contribution in [1.29, 1.82) is 0 Å². The summed E-state index contributed by atoms with van der Waals surface area (Å²) >= 11 is 1.72. The molecule has 20 heavy (non-hydrogen) atoms. The average molecular weight is 285 g/mol. The number of rotatable bonds is 5. The van der Waals surface area contributed by atoms with Crippen LogP contribution in [-0.4, -0.2) is 12.2 Å². The molecule has 2 aromatic carbocycles.